The first-order valence-electron chi connectivity index (χ1n) is 9.38. The average molecular weight is 394 g/mol. The minimum atomic E-state index is -1.38. The van der Waals surface area contributed by atoms with E-state index in [0.29, 0.717) is 36.2 Å². The summed E-state index contributed by atoms with van der Waals surface area (Å²) in [6, 6.07) is 7.29. The highest BCUT2D eigenvalue weighted by Gasteiger charge is 2.28. The first kappa shape index (κ1) is 17.6. The molecule has 4 aromatic rings. The summed E-state index contributed by atoms with van der Waals surface area (Å²) in [5, 5.41) is 19.3. The van der Waals surface area contributed by atoms with Crippen LogP contribution in [0.4, 0.5) is 4.79 Å². The molecule has 1 aliphatic rings. The molecule has 0 radical (unpaired) electrons. The van der Waals surface area contributed by atoms with Gasteiger partial charge in [-0.15, -0.1) is 0 Å². The van der Waals surface area contributed by atoms with Gasteiger partial charge in [0.05, 0.1) is 23.3 Å². The molecule has 0 unspecified atom stereocenters. The molecular formula is C19H18N6O4. The predicted molar refractivity (Wildman–Crippen MR) is 103 cm³/mol. The number of para-hydroxylation sites is 2. The van der Waals surface area contributed by atoms with Crippen molar-refractivity contribution in [1.29, 1.82) is 0 Å². The van der Waals surface area contributed by atoms with Crippen LogP contribution in [0.15, 0.2) is 41.6 Å². The normalized spacial score (nSPS) is 19.8. The van der Waals surface area contributed by atoms with E-state index in [0.717, 1.165) is 11.0 Å². The van der Waals surface area contributed by atoms with Crippen LogP contribution in [0.5, 0.6) is 0 Å². The smallest absolute Gasteiger partial charge is 0.420 e. The number of carboxylic acid groups (broad SMARTS) is 1. The van der Waals surface area contributed by atoms with Gasteiger partial charge < -0.3 is 10.2 Å². The van der Waals surface area contributed by atoms with E-state index in [1.165, 1.54) is 10.8 Å². The summed E-state index contributed by atoms with van der Waals surface area (Å²) in [7, 11) is 0. The van der Waals surface area contributed by atoms with Crippen molar-refractivity contribution in [1.82, 2.24) is 28.7 Å². The Balaban J connectivity index is 1.73. The second-order valence-electron chi connectivity index (χ2n) is 7.22. The number of fused-ring (bicyclic) bond motifs is 2. The summed E-state index contributed by atoms with van der Waals surface area (Å²) >= 11 is 0. The zero-order valence-electron chi connectivity index (χ0n) is 15.3. The largest absolute Gasteiger partial charge is 0.464 e. The summed E-state index contributed by atoms with van der Waals surface area (Å²) in [6.07, 6.45) is 3.45. The number of aliphatic hydroxyl groups is 1. The Morgan fingerprint density at radius 2 is 1.83 bits per heavy atom. The Kier molecular flexibility index (Phi) is 3.95. The van der Waals surface area contributed by atoms with Crippen LogP contribution < -0.4 is 5.69 Å². The van der Waals surface area contributed by atoms with Crippen molar-refractivity contribution < 1.29 is 15.0 Å². The van der Waals surface area contributed by atoms with Gasteiger partial charge in [0.2, 0.25) is 5.95 Å². The van der Waals surface area contributed by atoms with Crippen molar-refractivity contribution in [3.8, 4) is 5.95 Å². The van der Waals surface area contributed by atoms with Gasteiger partial charge in [0.1, 0.15) is 11.8 Å². The van der Waals surface area contributed by atoms with E-state index in [9.17, 15) is 19.8 Å². The molecule has 10 heteroatoms. The van der Waals surface area contributed by atoms with Gasteiger partial charge in [-0.05, 0) is 37.8 Å². The molecule has 0 saturated heterocycles. The number of hydrogen-bond acceptors (Lipinski definition) is 6. The van der Waals surface area contributed by atoms with Crippen LogP contribution in [0.2, 0.25) is 0 Å². The van der Waals surface area contributed by atoms with Crippen LogP contribution in [0.25, 0.3) is 28.1 Å². The van der Waals surface area contributed by atoms with E-state index in [-0.39, 0.29) is 17.2 Å². The van der Waals surface area contributed by atoms with Gasteiger partial charge in [-0.1, -0.05) is 12.1 Å². The second-order valence-corrected chi connectivity index (χ2v) is 7.22. The van der Waals surface area contributed by atoms with E-state index in [1.807, 2.05) is 24.3 Å². The highest BCUT2D eigenvalue weighted by Crippen LogP contribution is 2.30. The third-order valence-electron chi connectivity index (χ3n) is 5.50. The van der Waals surface area contributed by atoms with Gasteiger partial charge >= 0.3 is 11.8 Å². The Labute approximate surface area is 163 Å². The molecule has 1 aliphatic carbocycles. The first-order chi connectivity index (χ1) is 14.0. The fourth-order valence-corrected chi connectivity index (χ4v) is 4.06. The number of carbonyl (C=O) groups is 1. The number of nitrogens with zero attached hydrogens (tertiary/aromatic N) is 6. The fraction of sp³-hybridized carbons (Fsp3) is 0.316. The summed E-state index contributed by atoms with van der Waals surface area (Å²) in [6.45, 7) is 0. The third-order valence-corrected chi connectivity index (χ3v) is 5.50. The topological polar surface area (TPSA) is 128 Å². The lowest BCUT2D eigenvalue weighted by atomic mass is 9.93. The lowest BCUT2D eigenvalue weighted by molar-refractivity contribution is 0.110. The lowest BCUT2D eigenvalue weighted by Gasteiger charge is -2.26. The van der Waals surface area contributed by atoms with Crippen molar-refractivity contribution in [3.63, 3.8) is 0 Å². The van der Waals surface area contributed by atoms with E-state index in [4.69, 9.17) is 0 Å². The average Bonchev–Trinajstić information content (AvgIpc) is 3.26. The Hall–Kier alpha value is -3.53. The molecular weight excluding hydrogens is 376 g/mol. The highest BCUT2D eigenvalue weighted by molar-refractivity contribution is 5.84. The molecule has 0 spiro atoms. The zero-order valence-corrected chi connectivity index (χ0v) is 15.3. The number of aromatic nitrogens is 6. The molecule has 0 bridgehead atoms. The number of benzene rings is 1. The number of imidazole rings is 2. The van der Waals surface area contributed by atoms with Crippen molar-refractivity contribution in [3.05, 3.63) is 47.3 Å². The molecule has 10 nitrogen and oxygen atoms in total. The van der Waals surface area contributed by atoms with Gasteiger partial charge in [-0.3, -0.25) is 9.13 Å². The van der Waals surface area contributed by atoms with Gasteiger partial charge in [0.15, 0.2) is 5.65 Å². The molecule has 1 aromatic carbocycles. The molecule has 5 rings (SSSR count). The van der Waals surface area contributed by atoms with Crippen LogP contribution in [0.3, 0.4) is 0 Å². The van der Waals surface area contributed by atoms with Gasteiger partial charge in [0.25, 0.3) is 0 Å². The van der Waals surface area contributed by atoms with Gasteiger partial charge in [-0.25, -0.2) is 19.6 Å². The lowest BCUT2D eigenvalue weighted by Crippen LogP contribution is -2.32. The van der Waals surface area contributed by atoms with Crippen molar-refractivity contribution >= 4 is 28.3 Å². The molecule has 3 aromatic heterocycles. The molecule has 0 atom stereocenters. The fourth-order valence-electron chi connectivity index (χ4n) is 4.06. The molecule has 0 amide bonds. The molecule has 29 heavy (non-hydrogen) atoms. The van der Waals surface area contributed by atoms with Gasteiger partial charge in [0, 0.05) is 6.04 Å². The standard InChI is InChI=1S/C19H18N6O4/c26-12-7-5-11(6-8-12)24-16-15(25(18(24)27)19(28)29)9-20-17(22-16)23-10-21-13-3-1-2-4-14(13)23/h1-4,9-12,26H,5-8H2,(H,28,29). The quantitative estimate of drug-likeness (QED) is 0.532. The number of aliphatic hydroxyl groups excluding tert-OH is 1. The summed E-state index contributed by atoms with van der Waals surface area (Å²) < 4.78 is 3.81. The maximum absolute atomic E-state index is 12.9. The minimum Gasteiger partial charge on any atom is -0.464 e. The number of hydrogen-bond donors (Lipinski definition) is 2. The van der Waals surface area contributed by atoms with Crippen LogP contribution in [0.1, 0.15) is 31.7 Å². The predicted octanol–water partition coefficient (Wildman–Crippen LogP) is 1.93. The Bertz CT molecular complexity index is 1300. The third kappa shape index (κ3) is 2.71. The van der Waals surface area contributed by atoms with Crippen LogP contribution in [-0.4, -0.2) is 51.1 Å². The van der Waals surface area contributed by atoms with Crippen LogP contribution in [-0.2, 0) is 0 Å². The first-order valence-corrected chi connectivity index (χ1v) is 9.38. The van der Waals surface area contributed by atoms with E-state index in [2.05, 4.69) is 15.0 Å². The molecule has 1 fully saturated rings. The van der Waals surface area contributed by atoms with E-state index in [1.54, 1.807) is 10.9 Å². The Morgan fingerprint density at radius 3 is 2.59 bits per heavy atom. The summed E-state index contributed by atoms with van der Waals surface area (Å²) in [5.41, 5.74) is 1.33. The minimum absolute atomic E-state index is 0.141. The molecule has 0 aliphatic heterocycles. The zero-order chi connectivity index (χ0) is 20.1. The van der Waals surface area contributed by atoms with E-state index >= 15 is 0 Å². The monoisotopic (exact) mass is 394 g/mol. The van der Waals surface area contributed by atoms with Crippen molar-refractivity contribution in [2.24, 2.45) is 0 Å². The summed E-state index contributed by atoms with van der Waals surface area (Å²) in [4.78, 5) is 37.8. The van der Waals surface area contributed by atoms with Crippen LogP contribution >= 0.6 is 0 Å². The van der Waals surface area contributed by atoms with E-state index < -0.39 is 17.9 Å². The Morgan fingerprint density at radius 1 is 1.07 bits per heavy atom. The highest BCUT2D eigenvalue weighted by atomic mass is 16.4. The van der Waals surface area contributed by atoms with Crippen molar-refractivity contribution in [2.45, 2.75) is 37.8 Å². The maximum Gasteiger partial charge on any atom is 0.420 e. The SMILES string of the molecule is O=C(O)n1c(=O)n(C2CCC(O)CC2)c2nc(-n3cnc4ccccc43)ncc21. The van der Waals surface area contributed by atoms with Crippen molar-refractivity contribution in [2.75, 3.05) is 0 Å². The molecule has 3 heterocycles. The van der Waals surface area contributed by atoms with Crippen LogP contribution in [0, 0.1) is 0 Å². The molecule has 2 N–H and O–H groups in total. The molecule has 148 valence electrons. The maximum atomic E-state index is 12.9. The van der Waals surface area contributed by atoms with Gasteiger partial charge in [-0.2, -0.15) is 9.55 Å². The summed E-state index contributed by atoms with van der Waals surface area (Å²) in [5.74, 6) is 0.304. The number of rotatable bonds is 2. The molecule has 1 saturated carbocycles. The second kappa shape index (κ2) is 6.52.